The zero-order chi connectivity index (χ0) is 12.7. The first kappa shape index (κ1) is 14.5. The van der Waals surface area contributed by atoms with Gasteiger partial charge >= 0.3 is 0 Å². The Kier molecular flexibility index (Phi) is 5.92. The Morgan fingerprint density at radius 2 is 2.12 bits per heavy atom. The largest absolute Gasteiger partial charge is 0.378 e. The fourth-order valence-electron chi connectivity index (χ4n) is 2.29. The lowest BCUT2D eigenvalue weighted by molar-refractivity contribution is -0.126. The molecule has 100 valence electrons. The molecule has 1 rings (SSSR count). The van der Waals surface area contributed by atoms with Crippen LogP contribution in [-0.4, -0.2) is 30.7 Å². The first-order chi connectivity index (χ1) is 8.15. The van der Waals surface area contributed by atoms with Gasteiger partial charge in [0.05, 0.1) is 18.1 Å². The number of amides is 1. The summed E-state index contributed by atoms with van der Waals surface area (Å²) in [6.07, 6.45) is 5.61. The van der Waals surface area contributed by atoms with E-state index < -0.39 is 0 Å². The lowest BCUT2D eigenvalue weighted by Crippen LogP contribution is -2.53. The zero-order valence-corrected chi connectivity index (χ0v) is 11.1. The van der Waals surface area contributed by atoms with Gasteiger partial charge in [0.15, 0.2) is 0 Å². The molecule has 0 aliphatic carbocycles. The van der Waals surface area contributed by atoms with Gasteiger partial charge < -0.3 is 15.8 Å². The van der Waals surface area contributed by atoms with Crippen molar-refractivity contribution in [3.8, 4) is 0 Å². The lowest BCUT2D eigenvalue weighted by Gasteiger charge is -2.32. The zero-order valence-electron chi connectivity index (χ0n) is 11.1. The number of carbonyl (C=O) groups is 1. The van der Waals surface area contributed by atoms with Gasteiger partial charge in [0.2, 0.25) is 5.91 Å². The molecule has 0 aromatic carbocycles. The van der Waals surface area contributed by atoms with Crippen molar-refractivity contribution < 1.29 is 9.53 Å². The molecular weight excluding hydrogens is 216 g/mol. The minimum atomic E-state index is -0.230. The van der Waals surface area contributed by atoms with Gasteiger partial charge in [-0.05, 0) is 32.1 Å². The second-order valence-corrected chi connectivity index (χ2v) is 4.93. The Labute approximate surface area is 104 Å². The van der Waals surface area contributed by atoms with Gasteiger partial charge in [-0.15, -0.1) is 0 Å². The van der Waals surface area contributed by atoms with Crippen LogP contribution in [0, 0.1) is 0 Å². The Balaban J connectivity index is 2.41. The van der Waals surface area contributed by atoms with Crippen LogP contribution in [0.15, 0.2) is 0 Å². The molecule has 1 saturated heterocycles. The van der Waals surface area contributed by atoms with E-state index >= 15 is 0 Å². The molecule has 1 aliphatic rings. The van der Waals surface area contributed by atoms with Gasteiger partial charge in [0, 0.05) is 13.2 Å². The van der Waals surface area contributed by atoms with Crippen LogP contribution in [0.4, 0.5) is 0 Å². The van der Waals surface area contributed by atoms with E-state index in [1.54, 1.807) is 0 Å². The molecule has 3 N–H and O–H groups in total. The molecule has 0 aromatic rings. The van der Waals surface area contributed by atoms with Crippen LogP contribution in [-0.2, 0) is 9.53 Å². The topological polar surface area (TPSA) is 64.3 Å². The first-order valence-corrected chi connectivity index (χ1v) is 6.78. The minimum Gasteiger partial charge on any atom is -0.378 e. The highest BCUT2D eigenvalue weighted by atomic mass is 16.5. The van der Waals surface area contributed by atoms with Gasteiger partial charge in [-0.2, -0.15) is 0 Å². The molecule has 1 fully saturated rings. The van der Waals surface area contributed by atoms with E-state index in [2.05, 4.69) is 19.2 Å². The smallest absolute Gasteiger partial charge is 0.223 e. The van der Waals surface area contributed by atoms with Gasteiger partial charge in [-0.25, -0.2) is 0 Å². The van der Waals surface area contributed by atoms with E-state index in [1.165, 1.54) is 6.42 Å². The van der Waals surface area contributed by atoms with E-state index in [0.717, 1.165) is 32.3 Å². The van der Waals surface area contributed by atoms with Crippen molar-refractivity contribution in [1.29, 1.82) is 0 Å². The first-order valence-electron chi connectivity index (χ1n) is 6.78. The Hall–Kier alpha value is -0.610. The molecule has 1 atom stereocenters. The molecule has 1 unspecified atom stereocenters. The van der Waals surface area contributed by atoms with Crippen molar-refractivity contribution in [2.45, 2.75) is 64.0 Å². The third-order valence-electron chi connectivity index (χ3n) is 3.84. The predicted molar refractivity (Wildman–Crippen MR) is 68.7 cm³/mol. The molecule has 0 saturated carbocycles. The highest BCUT2D eigenvalue weighted by Gasteiger charge is 2.27. The summed E-state index contributed by atoms with van der Waals surface area (Å²) in [6, 6.07) is 0. The molecular formula is C13H26N2O2. The molecule has 1 amide bonds. The van der Waals surface area contributed by atoms with E-state index in [4.69, 9.17) is 10.5 Å². The highest BCUT2D eigenvalue weighted by Crippen LogP contribution is 2.17. The van der Waals surface area contributed by atoms with E-state index in [0.29, 0.717) is 13.0 Å². The fourth-order valence-corrected chi connectivity index (χ4v) is 2.29. The van der Waals surface area contributed by atoms with Crippen molar-refractivity contribution in [2.75, 3.05) is 13.2 Å². The number of nitrogens with two attached hydrogens (primary N) is 1. The summed E-state index contributed by atoms with van der Waals surface area (Å²) in [6.45, 7) is 5.42. The van der Waals surface area contributed by atoms with Crippen molar-refractivity contribution in [3.05, 3.63) is 0 Å². The summed E-state index contributed by atoms with van der Waals surface area (Å²) in [5.41, 5.74) is 5.53. The van der Waals surface area contributed by atoms with Crippen LogP contribution >= 0.6 is 0 Å². The second-order valence-electron chi connectivity index (χ2n) is 4.93. The normalized spacial score (nSPS) is 21.2. The molecule has 0 radical (unpaired) electrons. The van der Waals surface area contributed by atoms with Crippen molar-refractivity contribution in [1.82, 2.24) is 5.32 Å². The minimum absolute atomic E-state index is 0.0750. The maximum atomic E-state index is 12.0. The molecule has 4 nitrogen and oxygen atoms in total. The SMILES string of the molecule is CCC(CC)(CN)NC(=O)CC1CCCCO1. The molecule has 17 heavy (non-hydrogen) atoms. The molecule has 4 heteroatoms. The number of hydrogen-bond acceptors (Lipinski definition) is 3. The van der Waals surface area contributed by atoms with E-state index in [1.807, 2.05) is 0 Å². The summed E-state index contributed by atoms with van der Waals surface area (Å²) < 4.78 is 5.57. The van der Waals surface area contributed by atoms with E-state index in [9.17, 15) is 4.79 Å². The lowest BCUT2D eigenvalue weighted by atomic mass is 9.92. The van der Waals surface area contributed by atoms with Crippen LogP contribution in [0.25, 0.3) is 0 Å². The fraction of sp³-hybridized carbons (Fsp3) is 0.923. The van der Waals surface area contributed by atoms with Gasteiger partial charge in [0.1, 0.15) is 0 Å². The Morgan fingerprint density at radius 3 is 2.59 bits per heavy atom. The molecule has 1 aliphatic heterocycles. The molecule has 1 heterocycles. The summed E-state index contributed by atoms with van der Waals surface area (Å²) in [5, 5.41) is 3.08. The number of rotatable bonds is 6. The second kappa shape index (κ2) is 6.97. The molecule has 0 bridgehead atoms. The van der Waals surface area contributed by atoms with Crippen LogP contribution in [0.1, 0.15) is 52.4 Å². The average molecular weight is 242 g/mol. The third-order valence-corrected chi connectivity index (χ3v) is 3.84. The summed E-state index contributed by atoms with van der Waals surface area (Å²) in [7, 11) is 0. The van der Waals surface area contributed by atoms with Crippen LogP contribution < -0.4 is 11.1 Å². The third kappa shape index (κ3) is 4.28. The van der Waals surface area contributed by atoms with Crippen molar-refractivity contribution >= 4 is 5.91 Å². The maximum Gasteiger partial charge on any atom is 0.223 e. The summed E-state index contributed by atoms with van der Waals surface area (Å²) in [4.78, 5) is 12.0. The van der Waals surface area contributed by atoms with Crippen molar-refractivity contribution in [3.63, 3.8) is 0 Å². The quantitative estimate of drug-likeness (QED) is 0.743. The van der Waals surface area contributed by atoms with Crippen LogP contribution in [0.5, 0.6) is 0 Å². The number of ether oxygens (including phenoxy) is 1. The standard InChI is InChI=1S/C13H26N2O2/c1-3-13(4-2,10-14)15-12(16)9-11-7-5-6-8-17-11/h11H,3-10,14H2,1-2H3,(H,15,16). The van der Waals surface area contributed by atoms with Crippen molar-refractivity contribution in [2.24, 2.45) is 5.73 Å². The van der Waals surface area contributed by atoms with Crippen LogP contribution in [0.2, 0.25) is 0 Å². The number of carbonyl (C=O) groups excluding carboxylic acids is 1. The number of hydrogen-bond donors (Lipinski definition) is 2. The molecule has 0 aromatic heterocycles. The maximum absolute atomic E-state index is 12.0. The Morgan fingerprint density at radius 1 is 1.41 bits per heavy atom. The highest BCUT2D eigenvalue weighted by molar-refractivity contribution is 5.77. The van der Waals surface area contributed by atoms with Crippen LogP contribution in [0.3, 0.4) is 0 Å². The van der Waals surface area contributed by atoms with Gasteiger partial charge in [-0.3, -0.25) is 4.79 Å². The van der Waals surface area contributed by atoms with Gasteiger partial charge in [0.25, 0.3) is 0 Å². The monoisotopic (exact) mass is 242 g/mol. The average Bonchev–Trinajstić information content (AvgIpc) is 2.37. The Bertz CT molecular complexity index is 225. The summed E-state index contributed by atoms with van der Waals surface area (Å²) in [5.74, 6) is 0.0750. The summed E-state index contributed by atoms with van der Waals surface area (Å²) >= 11 is 0. The molecule has 0 spiro atoms. The predicted octanol–water partition coefficient (Wildman–Crippen LogP) is 1.58. The van der Waals surface area contributed by atoms with Gasteiger partial charge in [-0.1, -0.05) is 13.8 Å². The van der Waals surface area contributed by atoms with E-state index in [-0.39, 0.29) is 17.6 Å². The number of nitrogens with one attached hydrogen (secondary N) is 1.